The maximum atomic E-state index is 12.3. The van der Waals surface area contributed by atoms with Crippen LogP contribution in [0.15, 0.2) is 12.1 Å². The summed E-state index contributed by atoms with van der Waals surface area (Å²) in [7, 11) is 1.27. The summed E-state index contributed by atoms with van der Waals surface area (Å²) >= 11 is 0. The second-order valence-corrected chi connectivity index (χ2v) is 2.49. The van der Waals surface area contributed by atoms with Crippen molar-refractivity contribution in [3.8, 4) is 5.88 Å². The van der Waals surface area contributed by atoms with E-state index in [0.29, 0.717) is 0 Å². The van der Waals surface area contributed by atoms with Gasteiger partial charge in [0.15, 0.2) is 0 Å². The van der Waals surface area contributed by atoms with E-state index in [1.54, 1.807) is 0 Å². The molecule has 1 amide bonds. The van der Waals surface area contributed by atoms with Crippen LogP contribution in [-0.4, -0.2) is 18.0 Å². The minimum absolute atomic E-state index is 0.0489. The number of alkyl halides is 2. The van der Waals surface area contributed by atoms with E-state index < -0.39 is 18.0 Å². The number of ether oxygens (including phenoxy) is 1. The average molecular weight is 202 g/mol. The van der Waals surface area contributed by atoms with Crippen LogP contribution in [-0.2, 0) is 0 Å². The summed E-state index contributed by atoms with van der Waals surface area (Å²) in [5.74, 6) is -0.857. The maximum absolute atomic E-state index is 12.3. The number of rotatable bonds is 3. The molecule has 1 aromatic heterocycles. The fourth-order valence-corrected chi connectivity index (χ4v) is 0.884. The summed E-state index contributed by atoms with van der Waals surface area (Å²) in [6.45, 7) is 0. The zero-order chi connectivity index (χ0) is 10.7. The van der Waals surface area contributed by atoms with Crippen molar-refractivity contribution in [3.63, 3.8) is 0 Å². The van der Waals surface area contributed by atoms with E-state index in [-0.39, 0.29) is 11.4 Å². The largest absolute Gasteiger partial charge is 0.481 e. The number of hydrogen-bond acceptors (Lipinski definition) is 3. The third kappa shape index (κ3) is 2.15. The molecule has 4 nitrogen and oxygen atoms in total. The number of aromatic nitrogens is 1. The number of primary amides is 1. The van der Waals surface area contributed by atoms with Crippen LogP contribution in [0.1, 0.15) is 22.5 Å². The molecule has 0 atom stereocenters. The Morgan fingerprint density at radius 2 is 2.21 bits per heavy atom. The first-order valence-electron chi connectivity index (χ1n) is 3.68. The van der Waals surface area contributed by atoms with E-state index in [0.717, 1.165) is 6.07 Å². The molecule has 0 bridgehead atoms. The van der Waals surface area contributed by atoms with Gasteiger partial charge in [-0.05, 0) is 6.07 Å². The predicted molar refractivity (Wildman–Crippen MR) is 44.3 cm³/mol. The van der Waals surface area contributed by atoms with Gasteiger partial charge in [0.25, 0.3) is 6.43 Å². The van der Waals surface area contributed by atoms with Crippen molar-refractivity contribution in [3.05, 3.63) is 23.4 Å². The Morgan fingerprint density at radius 3 is 2.64 bits per heavy atom. The standard InChI is InChI=1S/C8H8F2N2O2/c1-14-6-3-4(8(11)13)2-5(12-6)7(9)10/h2-3,7H,1H3,(H2,11,13). The van der Waals surface area contributed by atoms with Crippen LogP contribution in [0, 0.1) is 0 Å². The summed E-state index contributed by atoms with van der Waals surface area (Å²) < 4.78 is 29.2. The molecular formula is C8H8F2N2O2. The lowest BCUT2D eigenvalue weighted by molar-refractivity contribution is 0.0999. The highest BCUT2D eigenvalue weighted by Crippen LogP contribution is 2.21. The molecule has 0 saturated heterocycles. The van der Waals surface area contributed by atoms with Gasteiger partial charge in [0.1, 0.15) is 5.69 Å². The Labute approximate surface area is 78.7 Å². The highest BCUT2D eigenvalue weighted by Gasteiger charge is 2.14. The van der Waals surface area contributed by atoms with Crippen LogP contribution < -0.4 is 10.5 Å². The minimum atomic E-state index is -2.76. The number of halogens is 2. The Hall–Kier alpha value is -1.72. The lowest BCUT2D eigenvalue weighted by Gasteiger charge is -2.04. The number of hydrogen-bond donors (Lipinski definition) is 1. The van der Waals surface area contributed by atoms with Gasteiger partial charge in [-0.25, -0.2) is 13.8 Å². The fourth-order valence-electron chi connectivity index (χ4n) is 0.884. The number of carbonyl (C=O) groups excluding carboxylic acids is 1. The number of carbonyl (C=O) groups is 1. The van der Waals surface area contributed by atoms with Crippen LogP contribution >= 0.6 is 0 Å². The third-order valence-corrected chi connectivity index (χ3v) is 1.54. The molecule has 0 aliphatic rings. The molecule has 0 unspecified atom stereocenters. The number of pyridine rings is 1. The second-order valence-electron chi connectivity index (χ2n) is 2.49. The Morgan fingerprint density at radius 1 is 1.57 bits per heavy atom. The van der Waals surface area contributed by atoms with Gasteiger partial charge in [0, 0.05) is 11.6 Å². The van der Waals surface area contributed by atoms with Crippen molar-refractivity contribution in [2.45, 2.75) is 6.43 Å². The predicted octanol–water partition coefficient (Wildman–Crippen LogP) is 1.13. The van der Waals surface area contributed by atoms with E-state index in [1.165, 1.54) is 13.2 Å². The van der Waals surface area contributed by atoms with Crippen LogP contribution in [0.3, 0.4) is 0 Å². The molecule has 14 heavy (non-hydrogen) atoms. The van der Waals surface area contributed by atoms with E-state index in [2.05, 4.69) is 9.72 Å². The van der Waals surface area contributed by atoms with Gasteiger partial charge in [-0.2, -0.15) is 0 Å². The van der Waals surface area contributed by atoms with E-state index in [9.17, 15) is 13.6 Å². The van der Waals surface area contributed by atoms with E-state index in [4.69, 9.17) is 5.73 Å². The molecule has 76 valence electrons. The fraction of sp³-hybridized carbons (Fsp3) is 0.250. The molecule has 6 heteroatoms. The highest BCUT2D eigenvalue weighted by atomic mass is 19.3. The van der Waals surface area contributed by atoms with Gasteiger partial charge >= 0.3 is 0 Å². The molecule has 0 aliphatic carbocycles. The van der Waals surface area contributed by atoms with Crippen molar-refractivity contribution < 1.29 is 18.3 Å². The summed E-state index contributed by atoms with van der Waals surface area (Å²) in [6, 6.07) is 2.14. The van der Waals surface area contributed by atoms with Gasteiger partial charge in [0.05, 0.1) is 7.11 Å². The van der Waals surface area contributed by atoms with Gasteiger partial charge in [-0.1, -0.05) is 0 Å². The van der Waals surface area contributed by atoms with Crippen LogP contribution in [0.25, 0.3) is 0 Å². The van der Waals surface area contributed by atoms with Gasteiger partial charge in [0.2, 0.25) is 11.8 Å². The summed E-state index contributed by atoms with van der Waals surface area (Å²) in [6.07, 6.45) is -2.76. The van der Waals surface area contributed by atoms with E-state index >= 15 is 0 Å². The zero-order valence-corrected chi connectivity index (χ0v) is 7.33. The second kappa shape index (κ2) is 3.99. The zero-order valence-electron chi connectivity index (χ0n) is 7.33. The Bertz CT molecular complexity index is 355. The van der Waals surface area contributed by atoms with Crippen LogP contribution in [0.4, 0.5) is 8.78 Å². The third-order valence-electron chi connectivity index (χ3n) is 1.54. The van der Waals surface area contributed by atoms with Crippen molar-refractivity contribution in [2.24, 2.45) is 5.73 Å². The normalized spacial score (nSPS) is 10.3. The lowest BCUT2D eigenvalue weighted by Crippen LogP contribution is -2.12. The van der Waals surface area contributed by atoms with Gasteiger partial charge in [-0.3, -0.25) is 4.79 Å². The SMILES string of the molecule is COc1cc(C(N)=O)cc(C(F)F)n1. The van der Waals surface area contributed by atoms with Crippen molar-refractivity contribution in [1.82, 2.24) is 4.98 Å². The smallest absolute Gasteiger partial charge is 0.280 e. The number of amides is 1. The van der Waals surface area contributed by atoms with Crippen molar-refractivity contribution in [1.29, 1.82) is 0 Å². The Kier molecular flexibility index (Phi) is 2.95. The monoisotopic (exact) mass is 202 g/mol. The quantitative estimate of drug-likeness (QED) is 0.798. The summed E-state index contributed by atoms with van der Waals surface area (Å²) in [4.78, 5) is 14.2. The molecule has 2 N–H and O–H groups in total. The molecule has 0 aromatic carbocycles. The van der Waals surface area contributed by atoms with Gasteiger partial charge < -0.3 is 10.5 Å². The molecule has 0 radical (unpaired) electrons. The minimum Gasteiger partial charge on any atom is -0.481 e. The molecule has 0 saturated carbocycles. The van der Waals surface area contributed by atoms with Crippen molar-refractivity contribution >= 4 is 5.91 Å². The molecule has 1 aromatic rings. The first kappa shape index (κ1) is 10.4. The van der Waals surface area contributed by atoms with Crippen molar-refractivity contribution in [2.75, 3.05) is 7.11 Å². The lowest BCUT2D eigenvalue weighted by atomic mass is 10.2. The summed E-state index contributed by atoms with van der Waals surface area (Å²) in [5.41, 5.74) is 4.36. The first-order chi connectivity index (χ1) is 6.54. The highest BCUT2D eigenvalue weighted by molar-refractivity contribution is 5.93. The molecule has 1 heterocycles. The number of methoxy groups -OCH3 is 1. The molecule has 1 rings (SSSR count). The number of nitrogens with zero attached hydrogens (tertiary/aromatic N) is 1. The topological polar surface area (TPSA) is 65.2 Å². The molecular weight excluding hydrogens is 194 g/mol. The molecule has 0 spiro atoms. The molecule has 0 aliphatic heterocycles. The van der Waals surface area contributed by atoms with Crippen LogP contribution in [0.2, 0.25) is 0 Å². The van der Waals surface area contributed by atoms with Crippen LogP contribution in [0.5, 0.6) is 5.88 Å². The Balaban J connectivity index is 3.20. The maximum Gasteiger partial charge on any atom is 0.280 e. The van der Waals surface area contributed by atoms with E-state index in [1.807, 2.05) is 0 Å². The first-order valence-corrected chi connectivity index (χ1v) is 3.68. The molecule has 0 fully saturated rings. The summed E-state index contributed by atoms with van der Waals surface area (Å²) in [5, 5.41) is 0. The average Bonchev–Trinajstić information content (AvgIpc) is 2.16. The van der Waals surface area contributed by atoms with Gasteiger partial charge in [-0.15, -0.1) is 0 Å². The number of nitrogens with two attached hydrogens (primary N) is 1.